The molecular formula is C46H27NO3. The fraction of sp³-hybridized carbons (Fsp3) is 0. The van der Waals surface area contributed by atoms with Crippen LogP contribution in [0.15, 0.2) is 177 Å². The topological polar surface area (TPSA) is 42.7 Å². The van der Waals surface area contributed by atoms with E-state index >= 15 is 0 Å². The van der Waals surface area contributed by atoms with Crippen LogP contribution in [0.4, 0.5) is 17.1 Å². The Balaban J connectivity index is 1.18. The van der Waals surface area contributed by atoms with Gasteiger partial charge in [0.15, 0.2) is 0 Å². The summed E-state index contributed by atoms with van der Waals surface area (Å²) in [5.74, 6) is 0. The molecule has 0 radical (unpaired) electrons. The maximum atomic E-state index is 6.51. The highest BCUT2D eigenvalue weighted by Crippen LogP contribution is 2.46. The SMILES string of the molecule is c1ccc(-c2ccc(N(c3ccc4oc5ccc6c(ccc7oc8ccccc8c76)c5c4c3)c3cccc4oc5ccccc5c34)cc2)cc1. The standard InChI is InChI=1S/C46H27NO3/c1-2-9-28(10-3-1)29-17-19-30(20-18-29)47(37-13-8-16-41-46(37)35-12-5-7-15-39(35)48-41)31-21-24-40-36(27-31)45-33-23-25-42-44(32(33)22-26-43(45)50-40)34-11-4-6-14-38(34)49-42/h1-27H. The van der Waals surface area contributed by atoms with Crippen LogP contribution in [0.3, 0.4) is 0 Å². The summed E-state index contributed by atoms with van der Waals surface area (Å²) in [4.78, 5) is 2.34. The third-order valence-electron chi connectivity index (χ3n) is 10.1. The molecule has 0 aliphatic carbocycles. The highest BCUT2D eigenvalue weighted by atomic mass is 16.3. The molecule has 0 unspecified atom stereocenters. The quantitative estimate of drug-likeness (QED) is 0.192. The number of rotatable bonds is 4. The molecule has 4 nitrogen and oxygen atoms in total. The Morgan fingerprint density at radius 2 is 0.800 bits per heavy atom. The second kappa shape index (κ2) is 10.4. The zero-order valence-corrected chi connectivity index (χ0v) is 26.8. The van der Waals surface area contributed by atoms with Gasteiger partial charge in [0.1, 0.15) is 33.5 Å². The van der Waals surface area contributed by atoms with Crippen molar-refractivity contribution >= 4 is 93.7 Å². The largest absolute Gasteiger partial charge is 0.456 e. The fourth-order valence-electron chi connectivity index (χ4n) is 7.84. The smallest absolute Gasteiger partial charge is 0.137 e. The van der Waals surface area contributed by atoms with Crippen molar-refractivity contribution in [1.29, 1.82) is 0 Å². The Morgan fingerprint density at radius 1 is 0.300 bits per heavy atom. The van der Waals surface area contributed by atoms with E-state index in [0.717, 1.165) is 93.7 Å². The van der Waals surface area contributed by atoms with Crippen LogP contribution >= 0.6 is 0 Å². The molecule has 0 amide bonds. The van der Waals surface area contributed by atoms with Crippen LogP contribution in [-0.4, -0.2) is 0 Å². The van der Waals surface area contributed by atoms with Crippen LogP contribution in [0, 0.1) is 0 Å². The highest BCUT2D eigenvalue weighted by molar-refractivity contribution is 6.27. The first-order valence-corrected chi connectivity index (χ1v) is 16.8. The normalized spacial score (nSPS) is 12.0. The van der Waals surface area contributed by atoms with Crippen LogP contribution in [0.25, 0.3) is 87.7 Å². The average molecular weight is 642 g/mol. The number of para-hydroxylation sites is 2. The van der Waals surface area contributed by atoms with Crippen molar-refractivity contribution in [3.63, 3.8) is 0 Å². The molecule has 0 saturated heterocycles. The summed E-state index contributed by atoms with van der Waals surface area (Å²) < 4.78 is 19.1. The first-order valence-electron chi connectivity index (χ1n) is 16.8. The van der Waals surface area contributed by atoms with Gasteiger partial charge in [0.25, 0.3) is 0 Å². The van der Waals surface area contributed by atoms with Gasteiger partial charge in [-0.15, -0.1) is 0 Å². The van der Waals surface area contributed by atoms with E-state index in [0.29, 0.717) is 0 Å². The molecule has 234 valence electrons. The Labute approximate surface area is 286 Å². The summed E-state index contributed by atoms with van der Waals surface area (Å²) in [6.45, 7) is 0. The molecule has 3 aromatic heterocycles. The fourth-order valence-corrected chi connectivity index (χ4v) is 7.84. The number of fused-ring (bicyclic) bond motifs is 12. The van der Waals surface area contributed by atoms with Crippen LogP contribution < -0.4 is 4.90 Å². The van der Waals surface area contributed by atoms with Gasteiger partial charge < -0.3 is 18.2 Å². The molecule has 4 heteroatoms. The summed E-state index contributed by atoms with van der Waals surface area (Å²) >= 11 is 0. The average Bonchev–Trinajstić information content (AvgIpc) is 3.87. The van der Waals surface area contributed by atoms with Crippen molar-refractivity contribution < 1.29 is 13.3 Å². The second-order valence-electron chi connectivity index (χ2n) is 12.9. The lowest BCUT2D eigenvalue weighted by atomic mass is 9.99. The molecule has 0 fully saturated rings. The van der Waals surface area contributed by atoms with E-state index in [9.17, 15) is 0 Å². The van der Waals surface area contributed by atoms with E-state index in [1.165, 1.54) is 11.1 Å². The zero-order valence-electron chi connectivity index (χ0n) is 26.8. The van der Waals surface area contributed by atoms with Gasteiger partial charge in [-0.05, 0) is 101 Å². The molecule has 3 heterocycles. The van der Waals surface area contributed by atoms with Crippen molar-refractivity contribution in [2.45, 2.75) is 0 Å². The van der Waals surface area contributed by atoms with Gasteiger partial charge in [0.05, 0.1) is 11.1 Å². The first kappa shape index (κ1) is 27.2. The number of anilines is 3. The van der Waals surface area contributed by atoms with Gasteiger partial charge in [-0.1, -0.05) is 84.9 Å². The van der Waals surface area contributed by atoms with E-state index in [4.69, 9.17) is 13.3 Å². The molecule has 0 saturated carbocycles. The zero-order chi connectivity index (χ0) is 32.8. The van der Waals surface area contributed by atoms with Crippen LogP contribution in [-0.2, 0) is 0 Å². The van der Waals surface area contributed by atoms with Gasteiger partial charge in [0.2, 0.25) is 0 Å². The van der Waals surface area contributed by atoms with Crippen LogP contribution in [0.2, 0.25) is 0 Å². The van der Waals surface area contributed by atoms with Crippen molar-refractivity contribution in [1.82, 2.24) is 0 Å². The van der Waals surface area contributed by atoms with E-state index in [2.05, 4.69) is 144 Å². The summed E-state index contributed by atoms with van der Waals surface area (Å²) in [6.07, 6.45) is 0. The van der Waals surface area contributed by atoms with Gasteiger partial charge in [-0.3, -0.25) is 0 Å². The lowest BCUT2D eigenvalue weighted by molar-refractivity contribution is 0.668. The Bertz CT molecular complexity index is 3090. The molecular weight excluding hydrogens is 615 g/mol. The molecule has 11 rings (SSSR count). The lowest BCUT2D eigenvalue weighted by Crippen LogP contribution is -2.10. The minimum atomic E-state index is 0.847. The first-order chi connectivity index (χ1) is 24.8. The van der Waals surface area contributed by atoms with Gasteiger partial charge >= 0.3 is 0 Å². The number of furan rings is 3. The van der Waals surface area contributed by atoms with Crippen molar-refractivity contribution in [3.8, 4) is 11.1 Å². The predicted octanol–water partition coefficient (Wildman–Crippen LogP) is 13.7. The molecule has 0 N–H and O–H groups in total. The molecule has 50 heavy (non-hydrogen) atoms. The van der Waals surface area contributed by atoms with Crippen molar-refractivity contribution in [2.75, 3.05) is 4.90 Å². The van der Waals surface area contributed by atoms with Crippen molar-refractivity contribution in [2.24, 2.45) is 0 Å². The second-order valence-corrected chi connectivity index (χ2v) is 12.9. The molecule has 0 bridgehead atoms. The van der Waals surface area contributed by atoms with Gasteiger partial charge in [-0.2, -0.15) is 0 Å². The number of hydrogen-bond acceptors (Lipinski definition) is 4. The van der Waals surface area contributed by atoms with Crippen molar-refractivity contribution in [3.05, 3.63) is 164 Å². The summed E-state index contributed by atoms with van der Waals surface area (Å²) in [7, 11) is 0. The molecule has 11 aromatic rings. The van der Waals surface area contributed by atoms with E-state index in [-0.39, 0.29) is 0 Å². The molecule has 0 spiro atoms. The summed E-state index contributed by atoms with van der Waals surface area (Å²) in [6, 6.07) is 57.2. The Hall–Kier alpha value is -6.78. The summed E-state index contributed by atoms with van der Waals surface area (Å²) in [5, 5.41) is 8.85. The van der Waals surface area contributed by atoms with Gasteiger partial charge in [-0.25, -0.2) is 0 Å². The lowest BCUT2D eigenvalue weighted by Gasteiger charge is -2.26. The molecule has 0 aliphatic rings. The Morgan fingerprint density at radius 3 is 1.50 bits per heavy atom. The summed E-state index contributed by atoms with van der Waals surface area (Å²) in [5.41, 5.74) is 10.7. The molecule has 0 aliphatic heterocycles. The third kappa shape index (κ3) is 3.93. The minimum absolute atomic E-state index is 0.847. The molecule has 0 atom stereocenters. The van der Waals surface area contributed by atoms with Crippen LogP contribution in [0.5, 0.6) is 0 Å². The molecule has 8 aromatic carbocycles. The minimum Gasteiger partial charge on any atom is -0.456 e. The number of hydrogen-bond donors (Lipinski definition) is 0. The third-order valence-corrected chi connectivity index (χ3v) is 10.1. The number of benzene rings is 8. The van der Waals surface area contributed by atoms with E-state index < -0.39 is 0 Å². The highest BCUT2D eigenvalue weighted by Gasteiger charge is 2.22. The maximum Gasteiger partial charge on any atom is 0.137 e. The van der Waals surface area contributed by atoms with Crippen LogP contribution in [0.1, 0.15) is 0 Å². The number of nitrogens with zero attached hydrogens (tertiary/aromatic N) is 1. The maximum absolute atomic E-state index is 6.51. The van der Waals surface area contributed by atoms with E-state index in [1.54, 1.807) is 0 Å². The predicted molar refractivity (Wildman–Crippen MR) is 206 cm³/mol. The van der Waals surface area contributed by atoms with E-state index in [1.807, 2.05) is 24.3 Å². The van der Waals surface area contributed by atoms with Gasteiger partial charge in [0, 0.05) is 38.3 Å². The monoisotopic (exact) mass is 641 g/mol. The Kier molecular flexibility index (Phi) is 5.63.